The number of carboxylic acid groups (broad SMARTS) is 1. The first-order chi connectivity index (χ1) is 27.0. The summed E-state index contributed by atoms with van der Waals surface area (Å²) in [6, 6.07) is 2.63. The van der Waals surface area contributed by atoms with Crippen LogP contribution in [0.15, 0.2) is 17.8 Å². The van der Waals surface area contributed by atoms with Gasteiger partial charge >= 0.3 is 5.97 Å². The second-order valence-corrected chi connectivity index (χ2v) is 29.3. The minimum Gasteiger partial charge on any atom is -0.481 e. The second-order valence-electron chi connectivity index (χ2n) is 23.6. The third-order valence-electron chi connectivity index (χ3n) is 19.3. The first-order valence-corrected chi connectivity index (χ1v) is 25.5. The molecule has 58 heavy (non-hydrogen) atoms. The van der Waals surface area contributed by atoms with E-state index >= 15 is 0 Å². The number of aromatic amines is 1. The predicted molar refractivity (Wildman–Crippen MR) is 239 cm³/mol. The quantitative estimate of drug-likeness (QED) is 0.229. The van der Waals surface area contributed by atoms with Crippen LogP contribution in [-0.2, 0) is 27.9 Å². The Hall–Kier alpha value is -2.36. The number of aromatic nitrogens is 3. The Morgan fingerprint density at radius 2 is 1.59 bits per heavy atom. The summed E-state index contributed by atoms with van der Waals surface area (Å²) >= 11 is 0. The molecule has 1 saturated heterocycles. The topological polar surface area (TPSA) is 109 Å². The highest BCUT2D eigenvalue weighted by molar-refractivity contribution is 6.82. The van der Waals surface area contributed by atoms with Crippen molar-refractivity contribution in [3.05, 3.63) is 40.4 Å². The number of morpholine rings is 1. The monoisotopic (exact) mass is 814 g/mol. The highest BCUT2D eigenvalue weighted by Crippen LogP contribution is 2.77. The van der Waals surface area contributed by atoms with Crippen LogP contribution >= 0.6 is 0 Å². The molecule has 7 unspecified atom stereocenters. The molecule has 0 aromatic carbocycles. The molecule has 5 aliphatic carbocycles. The molecule has 0 spiro atoms. The van der Waals surface area contributed by atoms with Crippen LogP contribution in [0.1, 0.15) is 164 Å². The van der Waals surface area contributed by atoms with Crippen molar-refractivity contribution in [2.45, 2.75) is 176 Å². The van der Waals surface area contributed by atoms with Gasteiger partial charge in [0.1, 0.15) is 5.82 Å². The number of nitrogens with one attached hydrogen (secondary N) is 1. The fourth-order valence-electron chi connectivity index (χ4n) is 16.4. The molecule has 4 fully saturated rings. The number of H-pyrrole nitrogens is 1. The molecule has 6 aliphatic rings. The summed E-state index contributed by atoms with van der Waals surface area (Å²) in [5.41, 5.74) is 16.0. The van der Waals surface area contributed by atoms with Crippen LogP contribution in [0.4, 0.5) is 5.82 Å². The second kappa shape index (κ2) is 13.8. The summed E-state index contributed by atoms with van der Waals surface area (Å²) in [5, 5.41) is 19.5. The molecule has 0 amide bonds. The highest BCUT2D eigenvalue weighted by Gasteiger charge is 2.70. The first-order valence-electron chi connectivity index (χ1n) is 23.3. The number of aliphatic carboxylic acids is 1. The number of nitrogens with zero attached hydrogens (tertiary/aromatic N) is 3. The van der Waals surface area contributed by atoms with E-state index in [4.69, 9.17) is 10.5 Å². The van der Waals surface area contributed by atoms with Gasteiger partial charge in [-0.15, -0.1) is 0 Å². The van der Waals surface area contributed by atoms with Crippen molar-refractivity contribution in [2.75, 3.05) is 32.0 Å². The summed E-state index contributed by atoms with van der Waals surface area (Å²) in [4.78, 5) is 16.5. The molecule has 1 aliphatic heterocycles. The summed E-state index contributed by atoms with van der Waals surface area (Å²) in [5.74, 6) is 1.03. The zero-order chi connectivity index (χ0) is 42.2. The van der Waals surface area contributed by atoms with Gasteiger partial charge in [-0.1, -0.05) is 95.6 Å². The van der Waals surface area contributed by atoms with E-state index in [0.717, 1.165) is 84.2 Å². The Morgan fingerprint density at radius 1 is 0.948 bits per heavy atom. The van der Waals surface area contributed by atoms with Gasteiger partial charge in [-0.05, 0) is 131 Å². The van der Waals surface area contributed by atoms with E-state index in [1.807, 2.05) is 0 Å². The van der Waals surface area contributed by atoms with Crippen molar-refractivity contribution in [1.29, 1.82) is 0 Å². The van der Waals surface area contributed by atoms with Gasteiger partial charge in [0.15, 0.2) is 8.24 Å². The number of nitrogen functional groups attached to an aromatic ring is 1. The maximum atomic E-state index is 13.9. The first kappa shape index (κ1) is 42.3. The number of anilines is 1. The molecule has 0 bridgehead atoms. The Labute approximate surface area is 352 Å². The molecule has 2 aromatic heterocycles. The lowest BCUT2D eigenvalue weighted by Crippen LogP contribution is -2.65. The fourth-order valence-corrected chi connectivity index (χ4v) is 23.1. The number of ether oxygens (including phenoxy) is 1. The molecule has 3 heterocycles. The van der Waals surface area contributed by atoms with E-state index in [0.29, 0.717) is 34.3 Å². The molecule has 0 radical (unpaired) electrons. The van der Waals surface area contributed by atoms with Gasteiger partial charge in [0.2, 0.25) is 0 Å². The maximum absolute atomic E-state index is 13.9. The third-order valence-corrected chi connectivity index (χ3v) is 26.1. The highest BCUT2D eigenvalue weighted by atomic mass is 28.3. The largest absolute Gasteiger partial charge is 0.481 e. The van der Waals surface area contributed by atoms with E-state index in [-0.39, 0.29) is 33.0 Å². The molecule has 7 atom stereocenters. The van der Waals surface area contributed by atoms with Crippen molar-refractivity contribution in [1.82, 2.24) is 19.3 Å². The molecular weight excluding hydrogens is 735 g/mol. The van der Waals surface area contributed by atoms with E-state index < -0.39 is 19.6 Å². The van der Waals surface area contributed by atoms with Crippen LogP contribution in [0.5, 0.6) is 0 Å². The van der Waals surface area contributed by atoms with Gasteiger partial charge in [-0.25, -0.2) is 0 Å². The van der Waals surface area contributed by atoms with E-state index in [2.05, 4.69) is 122 Å². The molecule has 4 N–H and O–H groups in total. The van der Waals surface area contributed by atoms with Gasteiger partial charge in [0, 0.05) is 48.2 Å². The Balaban J connectivity index is 1.41. The van der Waals surface area contributed by atoms with Gasteiger partial charge in [-0.3, -0.25) is 14.8 Å². The van der Waals surface area contributed by atoms with Gasteiger partial charge < -0.3 is 19.8 Å². The summed E-state index contributed by atoms with van der Waals surface area (Å²) in [7, 11) is -2.16. The Morgan fingerprint density at radius 3 is 2.21 bits per heavy atom. The molecule has 3 saturated carbocycles. The molecule has 9 heteroatoms. The van der Waals surface area contributed by atoms with Crippen LogP contribution in [-0.4, -0.2) is 64.9 Å². The average Bonchev–Trinajstić information content (AvgIpc) is 3.71. The average molecular weight is 814 g/mol. The number of fused-ring (bicyclic) bond motifs is 8. The molecule has 8 nitrogen and oxygen atoms in total. The van der Waals surface area contributed by atoms with Crippen molar-refractivity contribution in [3.63, 3.8) is 0 Å². The number of hydrogen-bond acceptors (Lipinski definition) is 5. The lowest BCUT2D eigenvalue weighted by molar-refractivity contribution is -0.175. The molecular formula is C49H79N5O3Si. The van der Waals surface area contributed by atoms with Crippen LogP contribution in [0.25, 0.3) is 5.57 Å². The molecule has 322 valence electrons. The SMILES string of the molecule is CC(C)[Si](C(C)C)(C(C)C)n1cc(C2=C3C4CC(C)(C)CCC4(C(=O)O)CCC3(C)C3(C)CCC4C(C)(C)c5[nH]nc(N)c5CC4(C)C3C2)cc1CN1CCOCC1. The minimum atomic E-state index is -2.16. The van der Waals surface area contributed by atoms with Crippen LogP contribution in [0.2, 0.25) is 16.6 Å². The number of allylic oxidation sites excluding steroid dienone is 2. The summed E-state index contributed by atoms with van der Waals surface area (Å²) < 4.78 is 8.75. The van der Waals surface area contributed by atoms with E-state index in [1.165, 1.54) is 40.1 Å². The smallest absolute Gasteiger partial charge is 0.310 e. The Kier molecular flexibility index (Phi) is 10.1. The zero-order valence-corrected chi connectivity index (χ0v) is 39.7. The number of nitrogens with two attached hydrogens (primary N) is 1. The van der Waals surface area contributed by atoms with Crippen molar-refractivity contribution in [2.24, 2.45) is 44.8 Å². The van der Waals surface area contributed by atoms with Gasteiger partial charge in [0.05, 0.1) is 18.6 Å². The fraction of sp³-hybridized carbons (Fsp3) is 0.796. The zero-order valence-electron chi connectivity index (χ0n) is 38.7. The van der Waals surface area contributed by atoms with Gasteiger partial charge in [-0.2, -0.15) is 5.10 Å². The number of carbonyl (C=O) groups is 1. The van der Waals surface area contributed by atoms with E-state index in [9.17, 15) is 9.90 Å². The predicted octanol–water partition coefficient (Wildman–Crippen LogP) is 11.1. The van der Waals surface area contributed by atoms with Crippen molar-refractivity contribution in [3.8, 4) is 0 Å². The standard InChI is InChI=1S/C49H79N5O3Si/c1-30(2)58(31(3)4,32(5)6)54-28-33(24-34(54)29-53-20-22-57-23-21-53)35-25-39-46(11)26-36-41(51-52-42(36)50)45(9,10)38(46)14-15-47(39,12)48(13)17-19-49(43(55)56)18-16-44(7,8)27-37(49)40(35)48/h24,28,30-32,37-39H,14-23,25-27,29H2,1-13H3,(H,55,56)(H3,50,51,52). The minimum absolute atomic E-state index is 0.0000442. The molecule has 8 rings (SSSR count). The summed E-state index contributed by atoms with van der Waals surface area (Å²) in [6.45, 7) is 37.0. The number of carboxylic acids is 1. The van der Waals surface area contributed by atoms with Crippen LogP contribution in [0, 0.1) is 44.8 Å². The normalized spacial score (nSPS) is 36.0. The van der Waals surface area contributed by atoms with Crippen LogP contribution < -0.4 is 5.73 Å². The van der Waals surface area contributed by atoms with E-state index in [1.54, 1.807) is 0 Å². The van der Waals surface area contributed by atoms with Crippen molar-refractivity contribution >= 4 is 25.6 Å². The lowest BCUT2D eigenvalue weighted by Gasteiger charge is -2.71. The number of hydrogen-bond donors (Lipinski definition) is 3. The Bertz CT molecular complexity index is 1940. The van der Waals surface area contributed by atoms with Crippen molar-refractivity contribution < 1.29 is 14.6 Å². The summed E-state index contributed by atoms with van der Waals surface area (Å²) in [6.07, 6.45) is 11.3. The number of rotatable bonds is 8. The molecule has 2 aromatic rings. The third kappa shape index (κ3) is 5.69. The lowest BCUT2D eigenvalue weighted by atomic mass is 9.33. The maximum Gasteiger partial charge on any atom is 0.310 e. The van der Waals surface area contributed by atoms with Gasteiger partial charge in [0.25, 0.3) is 0 Å². The van der Waals surface area contributed by atoms with Crippen LogP contribution in [0.3, 0.4) is 0 Å².